The number of nitrogens with one attached hydrogen (secondary N) is 1. The van der Waals surface area contributed by atoms with Crippen LogP contribution in [-0.4, -0.2) is 62.0 Å². The molecule has 1 unspecified atom stereocenters. The molecule has 0 saturated carbocycles. The van der Waals surface area contributed by atoms with E-state index in [1.807, 2.05) is 6.07 Å². The highest BCUT2D eigenvalue weighted by Crippen LogP contribution is 2.18. The Morgan fingerprint density at radius 3 is 2.57 bits per heavy atom. The summed E-state index contributed by atoms with van der Waals surface area (Å²) in [4.78, 5) is 16.7. The molecule has 1 saturated heterocycles. The maximum atomic E-state index is 12.2. The number of piperazine rings is 1. The van der Waals surface area contributed by atoms with E-state index in [9.17, 15) is 4.79 Å². The Morgan fingerprint density at radius 2 is 1.96 bits per heavy atom. The average molecular weight is 451 g/mol. The second-order valence-electron chi connectivity index (χ2n) is 5.34. The Hall–Kier alpha value is -0.240. The molecule has 1 aromatic rings. The first kappa shape index (κ1) is 25.0. The highest BCUT2D eigenvalue weighted by molar-refractivity contribution is 9.10. The van der Waals surface area contributed by atoms with Crippen LogP contribution in [0.3, 0.4) is 0 Å². The van der Waals surface area contributed by atoms with E-state index >= 15 is 0 Å². The third-order valence-corrected chi connectivity index (χ3v) is 4.23. The molecule has 0 aromatic heterocycles. The molecule has 134 valence electrons. The highest BCUT2D eigenvalue weighted by Gasteiger charge is 2.22. The van der Waals surface area contributed by atoms with Crippen molar-refractivity contribution < 1.29 is 4.79 Å². The normalized spacial score (nSPS) is 18.1. The van der Waals surface area contributed by atoms with Gasteiger partial charge in [0.25, 0.3) is 5.91 Å². The van der Waals surface area contributed by atoms with Gasteiger partial charge in [-0.3, -0.25) is 9.69 Å². The molecule has 1 atom stereocenters. The fraction of sp³-hybridized carbons (Fsp3) is 0.500. The molecule has 3 N–H and O–H groups in total. The van der Waals surface area contributed by atoms with Crippen LogP contribution in [0.25, 0.3) is 0 Å². The molecule has 23 heavy (non-hydrogen) atoms. The van der Waals surface area contributed by atoms with Gasteiger partial charge in [-0.2, -0.15) is 0 Å². The number of rotatable bonds is 3. The second-order valence-corrected chi connectivity index (χ2v) is 6.25. The fourth-order valence-corrected chi connectivity index (χ4v) is 2.75. The molecule has 1 amide bonds. The van der Waals surface area contributed by atoms with Gasteiger partial charge >= 0.3 is 0 Å². The standard InChI is InChI=1S/C14H21BrN4O.3ClH/c1-18-5-6-19(2)11(9-18)8-17-14(20)12-4-3-10(15)7-13(12)16;;;/h3-4,7,11H,5-6,8-9,16H2,1-2H3,(H,17,20);3*1H. The molecule has 1 fully saturated rings. The molecular formula is C14H24BrCl3N4O. The minimum atomic E-state index is -0.114. The quantitative estimate of drug-likeness (QED) is 0.694. The van der Waals surface area contributed by atoms with Crippen molar-refractivity contribution in [1.82, 2.24) is 15.1 Å². The molecule has 9 heteroatoms. The van der Waals surface area contributed by atoms with Gasteiger partial charge in [-0.1, -0.05) is 15.9 Å². The largest absolute Gasteiger partial charge is 0.398 e. The van der Waals surface area contributed by atoms with Crippen molar-refractivity contribution in [3.63, 3.8) is 0 Å². The fourth-order valence-electron chi connectivity index (χ4n) is 2.37. The molecule has 1 aromatic carbocycles. The zero-order valence-corrected chi connectivity index (χ0v) is 17.2. The van der Waals surface area contributed by atoms with Crippen molar-refractivity contribution in [2.24, 2.45) is 0 Å². The maximum Gasteiger partial charge on any atom is 0.253 e. The summed E-state index contributed by atoms with van der Waals surface area (Å²) in [6, 6.07) is 5.65. The van der Waals surface area contributed by atoms with Crippen molar-refractivity contribution in [3.05, 3.63) is 28.2 Å². The van der Waals surface area contributed by atoms with Gasteiger partial charge in [0.1, 0.15) is 0 Å². The molecule has 0 radical (unpaired) electrons. The SMILES string of the molecule is CN1CCN(C)C(CNC(=O)c2ccc(Br)cc2N)C1.Cl.Cl.Cl. The van der Waals surface area contributed by atoms with E-state index in [1.54, 1.807) is 12.1 Å². The van der Waals surface area contributed by atoms with E-state index < -0.39 is 0 Å². The van der Waals surface area contributed by atoms with E-state index in [2.05, 4.69) is 45.1 Å². The van der Waals surface area contributed by atoms with Crippen LogP contribution in [0, 0.1) is 0 Å². The van der Waals surface area contributed by atoms with Gasteiger partial charge in [0.05, 0.1) is 5.56 Å². The monoisotopic (exact) mass is 448 g/mol. The first-order valence-corrected chi connectivity index (χ1v) is 7.48. The minimum absolute atomic E-state index is 0. The summed E-state index contributed by atoms with van der Waals surface area (Å²) in [5.74, 6) is -0.114. The minimum Gasteiger partial charge on any atom is -0.398 e. The molecule has 1 aliphatic heterocycles. The van der Waals surface area contributed by atoms with Crippen molar-refractivity contribution in [3.8, 4) is 0 Å². The number of likely N-dealkylation sites (N-methyl/N-ethyl adjacent to an activating group) is 2. The van der Waals surface area contributed by atoms with Crippen LogP contribution in [0.5, 0.6) is 0 Å². The van der Waals surface area contributed by atoms with Crippen molar-refractivity contribution in [2.45, 2.75) is 6.04 Å². The predicted octanol–water partition coefficient (Wildman–Crippen LogP) is 2.27. The van der Waals surface area contributed by atoms with E-state index in [1.165, 1.54) is 0 Å². The lowest BCUT2D eigenvalue weighted by Crippen LogP contribution is -2.54. The number of hydrogen-bond donors (Lipinski definition) is 2. The lowest BCUT2D eigenvalue weighted by atomic mass is 10.1. The summed E-state index contributed by atoms with van der Waals surface area (Å²) in [5, 5.41) is 2.98. The van der Waals surface area contributed by atoms with Crippen LogP contribution >= 0.6 is 53.2 Å². The number of nitrogen functional groups attached to an aromatic ring is 1. The van der Waals surface area contributed by atoms with Crippen LogP contribution in [0.15, 0.2) is 22.7 Å². The first-order chi connectivity index (χ1) is 9.47. The molecule has 0 spiro atoms. The summed E-state index contributed by atoms with van der Waals surface area (Å²) in [5.41, 5.74) is 6.89. The number of nitrogens with two attached hydrogens (primary N) is 1. The Balaban J connectivity index is 0. The van der Waals surface area contributed by atoms with Crippen LogP contribution in [0.4, 0.5) is 5.69 Å². The lowest BCUT2D eigenvalue weighted by molar-refractivity contribution is 0.0882. The lowest BCUT2D eigenvalue weighted by Gasteiger charge is -2.37. The number of nitrogens with zero attached hydrogens (tertiary/aromatic N) is 2. The van der Waals surface area contributed by atoms with Gasteiger partial charge in [0.2, 0.25) is 0 Å². The molecule has 2 rings (SSSR count). The number of hydrogen-bond acceptors (Lipinski definition) is 4. The van der Waals surface area contributed by atoms with Crippen LogP contribution in [-0.2, 0) is 0 Å². The average Bonchev–Trinajstić information content (AvgIpc) is 2.39. The Labute approximate surface area is 164 Å². The summed E-state index contributed by atoms with van der Waals surface area (Å²) in [7, 11) is 4.20. The number of carbonyl (C=O) groups is 1. The highest BCUT2D eigenvalue weighted by atomic mass is 79.9. The summed E-state index contributed by atoms with van der Waals surface area (Å²) in [6.45, 7) is 3.69. The van der Waals surface area contributed by atoms with E-state index in [0.29, 0.717) is 23.8 Å². The summed E-state index contributed by atoms with van der Waals surface area (Å²) < 4.78 is 0.875. The summed E-state index contributed by atoms with van der Waals surface area (Å²) >= 11 is 3.34. The number of benzene rings is 1. The van der Waals surface area contributed by atoms with Crippen molar-refractivity contribution >= 4 is 64.7 Å². The van der Waals surface area contributed by atoms with Crippen LogP contribution in [0.1, 0.15) is 10.4 Å². The number of halogens is 4. The van der Waals surface area contributed by atoms with E-state index in [-0.39, 0.29) is 43.1 Å². The van der Waals surface area contributed by atoms with E-state index in [4.69, 9.17) is 5.73 Å². The maximum absolute atomic E-state index is 12.2. The second kappa shape index (κ2) is 11.3. The van der Waals surface area contributed by atoms with Gasteiger partial charge in [0.15, 0.2) is 0 Å². The topological polar surface area (TPSA) is 61.6 Å². The molecule has 0 bridgehead atoms. The zero-order chi connectivity index (χ0) is 14.7. The Bertz CT molecular complexity index is 507. The van der Waals surface area contributed by atoms with E-state index in [0.717, 1.165) is 24.1 Å². The van der Waals surface area contributed by atoms with Gasteiger partial charge in [0, 0.05) is 42.4 Å². The molecular weight excluding hydrogens is 426 g/mol. The molecule has 1 heterocycles. The smallest absolute Gasteiger partial charge is 0.253 e. The molecule has 5 nitrogen and oxygen atoms in total. The Kier molecular flexibility index (Phi) is 12.3. The third kappa shape index (κ3) is 7.03. The van der Waals surface area contributed by atoms with Gasteiger partial charge in [-0.15, -0.1) is 37.2 Å². The number of amides is 1. The predicted molar refractivity (Wildman–Crippen MR) is 107 cm³/mol. The van der Waals surface area contributed by atoms with Crippen LogP contribution in [0.2, 0.25) is 0 Å². The van der Waals surface area contributed by atoms with Crippen molar-refractivity contribution in [1.29, 1.82) is 0 Å². The number of carbonyl (C=O) groups excluding carboxylic acids is 1. The third-order valence-electron chi connectivity index (χ3n) is 3.74. The van der Waals surface area contributed by atoms with Crippen molar-refractivity contribution in [2.75, 3.05) is 46.0 Å². The molecule has 1 aliphatic rings. The number of anilines is 1. The first-order valence-electron chi connectivity index (χ1n) is 6.69. The summed E-state index contributed by atoms with van der Waals surface area (Å²) in [6.07, 6.45) is 0. The van der Waals surface area contributed by atoms with Gasteiger partial charge in [-0.25, -0.2) is 0 Å². The zero-order valence-electron chi connectivity index (χ0n) is 13.1. The van der Waals surface area contributed by atoms with Crippen LogP contribution < -0.4 is 11.1 Å². The molecule has 0 aliphatic carbocycles. The van der Waals surface area contributed by atoms with Gasteiger partial charge in [-0.05, 0) is 32.3 Å². The van der Waals surface area contributed by atoms with Gasteiger partial charge < -0.3 is 16.0 Å². The Morgan fingerprint density at radius 1 is 1.30 bits per heavy atom.